The lowest BCUT2D eigenvalue weighted by molar-refractivity contribution is 0.0955. The molecule has 2 aromatic rings. The van der Waals surface area contributed by atoms with E-state index >= 15 is 0 Å². The summed E-state index contributed by atoms with van der Waals surface area (Å²) in [4.78, 5) is 13.9. The molecule has 1 aliphatic heterocycles. The van der Waals surface area contributed by atoms with Crippen LogP contribution in [0, 0.1) is 9.39 Å². The first-order valence-corrected chi connectivity index (χ1v) is 8.92. The lowest BCUT2D eigenvalue weighted by atomic mass is 10.2. The number of hydrogen-bond donors (Lipinski definition) is 1. The van der Waals surface area contributed by atoms with Gasteiger partial charge in [-0.2, -0.15) is 5.10 Å². The highest BCUT2D eigenvalue weighted by Crippen LogP contribution is 2.21. The minimum Gasteiger partial charge on any atom is -0.378 e. The first kappa shape index (κ1) is 17.8. The van der Waals surface area contributed by atoms with E-state index in [-0.39, 0.29) is 11.7 Å². The van der Waals surface area contributed by atoms with Crippen molar-refractivity contribution in [2.45, 2.75) is 0 Å². The summed E-state index contributed by atoms with van der Waals surface area (Å²) in [5, 5.41) is 3.90. The molecule has 1 saturated heterocycles. The largest absolute Gasteiger partial charge is 0.378 e. The zero-order chi connectivity index (χ0) is 17.6. The van der Waals surface area contributed by atoms with Crippen LogP contribution in [0.15, 0.2) is 47.6 Å². The van der Waals surface area contributed by atoms with Crippen LogP contribution in [0.3, 0.4) is 0 Å². The molecule has 0 radical (unpaired) electrons. The number of anilines is 1. The van der Waals surface area contributed by atoms with Crippen molar-refractivity contribution in [2.24, 2.45) is 5.10 Å². The molecule has 130 valence electrons. The number of nitrogens with zero attached hydrogens (tertiary/aromatic N) is 2. The molecule has 1 amide bonds. The summed E-state index contributed by atoms with van der Waals surface area (Å²) in [6, 6.07) is 12.0. The Hall–Kier alpha value is -2.00. The molecule has 0 aliphatic carbocycles. The lowest BCUT2D eigenvalue weighted by Gasteiger charge is -2.29. The number of carbonyl (C=O) groups excluding carboxylic acids is 1. The van der Waals surface area contributed by atoms with Gasteiger partial charge in [0.05, 0.1) is 25.1 Å². The van der Waals surface area contributed by atoms with E-state index < -0.39 is 0 Å². The molecule has 3 rings (SSSR count). The van der Waals surface area contributed by atoms with Crippen LogP contribution >= 0.6 is 22.6 Å². The van der Waals surface area contributed by atoms with Gasteiger partial charge in [0.2, 0.25) is 0 Å². The van der Waals surface area contributed by atoms with Gasteiger partial charge in [-0.1, -0.05) is 6.07 Å². The topological polar surface area (TPSA) is 53.9 Å². The van der Waals surface area contributed by atoms with Crippen LogP contribution in [0.1, 0.15) is 15.9 Å². The first-order chi connectivity index (χ1) is 12.1. The normalized spacial score (nSPS) is 14.7. The molecule has 0 unspecified atom stereocenters. The summed E-state index contributed by atoms with van der Waals surface area (Å²) >= 11 is 2.17. The Morgan fingerprint density at radius 1 is 1.20 bits per heavy atom. The third-order valence-corrected chi connectivity index (χ3v) is 4.53. The summed E-state index contributed by atoms with van der Waals surface area (Å²) in [6.45, 7) is 2.56. The number of hydrogen-bond acceptors (Lipinski definition) is 4. The highest BCUT2D eigenvalue weighted by Gasteiger charge is 2.15. The third kappa shape index (κ3) is 4.76. The van der Waals surface area contributed by atoms with E-state index in [9.17, 15) is 9.18 Å². The van der Waals surface area contributed by atoms with Crippen LogP contribution < -0.4 is 10.3 Å². The van der Waals surface area contributed by atoms with Gasteiger partial charge in [0.25, 0.3) is 5.91 Å². The molecule has 0 saturated carbocycles. The summed E-state index contributed by atoms with van der Waals surface area (Å²) < 4.78 is 20.6. The Kier molecular flexibility index (Phi) is 5.98. The summed E-state index contributed by atoms with van der Waals surface area (Å²) in [7, 11) is 0. The predicted molar refractivity (Wildman–Crippen MR) is 104 cm³/mol. The SMILES string of the molecule is O=C(N/N=C\c1ccc(N2CCOCC2)c(F)c1)c1ccc(I)cc1. The number of hydrazone groups is 1. The van der Waals surface area contributed by atoms with Crippen LogP contribution in [0.4, 0.5) is 10.1 Å². The van der Waals surface area contributed by atoms with Crippen molar-refractivity contribution < 1.29 is 13.9 Å². The molecule has 5 nitrogen and oxygen atoms in total. The number of halogens is 2. The highest BCUT2D eigenvalue weighted by molar-refractivity contribution is 14.1. The van der Waals surface area contributed by atoms with Gasteiger partial charge in [-0.3, -0.25) is 4.79 Å². The number of rotatable bonds is 4. The zero-order valence-corrected chi connectivity index (χ0v) is 15.6. The second-order valence-electron chi connectivity index (χ2n) is 5.52. The van der Waals surface area contributed by atoms with Gasteiger partial charge in [0.1, 0.15) is 5.82 Å². The molecule has 2 aromatic carbocycles. The van der Waals surface area contributed by atoms with E-state index in [0.717, 1.165) is 3.57 Å². The fourth-order valence-electron chi connectivity index (χ4n) is 2.50. The maximum atomic E-state index is 14.3. The summed E-state index contributed by atoms with van der Waals surface area (Å²) in [5.74, 6) is -0.618. The fourth-order valence-corrected chi connectivity index (χ4v) is 2.85. The van der Waals surface area contributed by atoms with E-state index in [2.05, 4.69) is 33.1 Å². The quantitative estimate of drug-likeness (QED) is 0.440. The number of amides is 1. The molecule has 1 heterocycles. The van der Waals surface area contributed by atoms with Crippen LogP contribution in [0.5, 0.6) is 0 Å². The molecule has 0 aromatic heterocycles. The molecule has 7 heteroatoms. The summed E-state index contributed by atoms with van der Waals surface area (Å²) in [5.41, 5.74) is 4.10. The smallest absolute Gasteiger partial charge is 0.271 e. The average Bonchev–Trinajstić information content (AvgIpc) is 2.63. The molecule has 25 heavy (non-hydrogen) atoms. The minimum absolute atomic E-state index is 0.307. The second-order valence-corrected chi connectivity index (χ2v) is 6.76. The van der Waals surface area contributed by atoms with Crippen LogP contribution in [-0.4, -0.2) is 38.4 Å². The van der Waals surface area contributed by atoms with E-state index in [0.29, 0.717) is 43.1 Å². The van der Waals surface area contributed by atoms with Crippen LogP contribution in [-0.2, 0) is 4.74 Å². The average molecular weight is 453 g/mol. The minimum atomic E-state index is -0.310. The van der Waals surface area contributed by atoms with Gasteiger partial charge in [-0.15, -0.1) is 0 Å². The van der Waals surface area contributed by atoms with Crippen molar-refractivity contribution in [3.8, 4) is 0 Å². The number of nitrogens with one attached hydrogen (secondary N) is 1. The first-order valence-electron chi connectivity index (χ1n) is 7.85. The van der Waals surface area contributed by atoms with Gasteiger partial charge in [0, 0.05) is 22.2 Å². The van der Waals surface area contributed by atoms with Gasteiger partial charge in [-0.25, -0.2) is 9.82 Å². The number of carbonyl (C=O) groups is 1. The van der Waals surface area contributed by atoms with Crippen molar-refractivity contribution in [1.29, 1.82) is 0 Å². The van der Waals surface area contributed by atoms with E-state index in [1.165, 1.54) is 12.3 Å². The third-order valence-electron chi connectivity index (χ3n) is 3.81. The number of ether oxygens (including phenoxy) is 1. The fraction of sp³-hybridized carbons (Fsp3) is 0.222. The van der Waals surface area contributed by atoms with Crippen molar-refractivity contribution in [1.82, 2.24) is 5.43 Å². The Balaban J connectivity index is 1.62. The van der Waals surface area contributed by atoms with Gasteiger partial charge >= 0.3 is 0 Å². The van der Waals surface area contributed by atoms with Crippen molar-refractivity contribution >= 4 is 40.4 Å². The summed E-state index contributed by atoms with van der Waals surface area (Å²) in [6.07, 6.45) is 1.43. The molecule has 1 aliphatic rings. The Morgan fingerprint density at radius 2 is 1.92 bits per heavy atom. The molecule has 0 spiro atoms. The molecular formula is C18H17FIN3O2. The highest BCUT2D eigenvalue weighted by atomic mass is 127. The zero-order valence-electron chi connectivity index (χ0n) is 13.4. The van der Waals surface area contributed by atoms with E-state index in [1.54, 1.807) is 24.3 Å². The molecule has 0 atom stereocenters. The number of benzene rings is 2. The lowest BCUT2D eigenvalue weighted by Crippen LogP contribution is -2.36. The Morgan fingerprint density at radius 3 is 2.60 bits per heavy atom. The van der Waals surface area contributed by atoms with Gasteiger partial charge in [-0.05, 0) is 64.6 Å². The van der Waals surface area contributed by atoms with Gasteiger partial charge < -0.3 is 9.64 Å². The van der Waals surface area contributed by atoms with E-state index in [4.69, 9.17) is 4.74 Å². The van der Waals surface area contributed by atoms with Crippen molar-refractivity contribution in [2.75, 3.05) is 31.2 Å². The molecule has 0 bridgehead atoms. The number of morpholine rings is 1. The maximum absolute atomic E-state index is 14.3. The predicted octanol–water partition coefficient (Wildman–Crippen LogP) is 3.03. The second kappa shape index (κ2) is 8.39. The standard InChI is InChI=1S/C18H17FIN3O2/c19-16-11-13(1-6-17(16)23-7-9-25-10-8-23)12-21-22-18(24)14-2-4-15(20)5-3-14/h1-6,11-12H,7-10H2,(H,22,24)/b21-12-. The Bertz CT molecular complexity index is 774. The van der Waals surface area contributed by atoms with E-state index in [1.807, 2.05) is 17.0 Å². The monoisotopic (exact) mass is 453 g/mol. The molecule has 1 N–H and O–H groups in total. The van der Waals surface area contributed by atoms with Crippen LogP contribution in [0.25, 0.3) is 0 Å². The van der Waals surface area contributed by atoms with Crippen LogP contribution in [0.2, 0.25) is 0 Å². The van der Waals surface area contributed by atoms with Crippen molar-refractivity contribution in [3.05, 3.63) is 63.0 Å². The molecule has 1 fully saturated rings. The molecular weight excluding hydrogens is 436 g/mol. The Labute approximate surface area is 159 Å². The van der Waals surface area contributed by atoms with Gasteiger partial charge in [0.15, 0.2) is 0 Å². The maximum Gasteiger partial charge on any atom is 0.271 e. The van der Waals surface area contributed by atoms with Crippen molar-refractivity contribution in [3.63, 3.8) is 0 Å².